The van der Waals surface area contributed by atoms with E-state index in [1.807, 2.05) is 6.07 Å². The lowest BCUT2D eigenvalue weighted by molar-refractivity contribution is 0.203. The minimum atomic E-state index is 0.518. The molecule has 0 saturated carbocycles. The number of para-hydroxylation sites is 1. The standard InChI is InChI=1S/C22H25NO2/c1-24-21-10-6-9-20(22(21)25-2)17-13-18-11-12-19(14-17)23(18)15-16-7-4-3-5-8-16/h3-10,13,18-19H,11-12,14-15H2,1-2H3. The quantitative estimate of drug-likeness (QED) is 0.801. The van der Waals surface area contributed by atoms with Crippen LogP contribution in [-0.2, 0) is 6.54 Å². The van der Waals surface area contributed by atoms with Crippen molar-refractivity contribution in [2.45, 2.75) is 37.9 Å². The van der Waals surface area contributed by atoms with Gasteiger partial charge in [-0.05, 0) is 36.5 Å². The Morgan fingerprint density at radius 2 is 1.80 bits per heavy atom. The molecule has 3 nitrogen and oxygen atoms in total. The van der Waals surface area contributed by atoms with Gasteiger partial charge in [0, 0.05) is 24.2 Å². The van der Waals surface area contributed by atoms with Crippen molar-refractivity contribution < 1.29 is 9.47 Å². The largest absolute Gasteiger partial charge is 0.493 e. The van der Waals surface area contributed by atoms with E-state index in [4.69, 9.17) is 9.47 Å². The Morgan fingerprint density at radius 3 is 2.52 bits per heavy atom. The molecule has 4 rings (SSSR count). The zero-order valence-corrected chi connectivity index (χ0v) is 14.9. The molecule has 2 aromatic rings. The Labute approximate surface area is 149 Å². The van der Waals surface area contributed by atoms with Crippen molar-refractivity contribution in [1.82, 2.24) is 4.90 Å². The second kappa shape index (κ2) is 6.93. The summed E-state index contributed by atoms with van der Waals surface area (Å²) in [7, 11) is 3.42. The average Bonchev–Trinajstić information content (AvgIpc) is 2.89. The van der Waals surface area contributed by atoms with Crippen LogP contribution >= 0.6 is 0 Å². The lowest BCUT2D eigenvalue weighted by atomic mass is 9.93. The highest BCUT2D eigenvalue weighted by Gasteiger charge is 2.37. The number of fused-ring (bicyclic) bond motifs is 2. The molecule has 2 bridgehead atoms. The van der Waals surface area contributed by atoms with E-state index in [-0.39, 0.29) is 0 Å². The first kappa shape index (κ1) is 16.2. The van der Waals surface area contributed by atoms with E-state index in [0.717, 1.165) is 24.5 Å². The van der Waals surface area contributed by atoms with Crippen LogP contribution < -0.4 is 9.47 Å². The van der Waals surface area contributed by atoms with Gasteiger partial charge in [0.1, 0.15) is 0 Å². The Bertz CT molecular complexity index is 769. The van der Waals surface area contributed by atoms with Crippen LogP contribution in [0.5, 0.6) is 11.5 Å². The molecule has 2 aliphatic heterocycles. The lowest BCUT2D eigenvalue weighted by Gasteiger charge is -2.34. The molecule has 2 atom stereocenters. The summed E-state index contributed by atoms with van der Waals surface area (Å²) in [5.74, 6) is 1.66. The fourth-order valence-electron chi connectivity index (χ4n) is 4.30. The second-order valence-electron chi connectivity index (χ2n) is 6.89. The highest BCUT2D eigenvalue weighted by molar-refractivity contribution is 5.75. The molecule has 1 fully saturated rings. The summed E-state index contributed by atoms with van der Waals surface area (Å²) >= 11 is 0. The summed E-state index contributed by atoms with van der Waals surface area (Å²) in [6.45, 7) is 1.04. The monoisotopic (exact) mass is 335 g/mol. The topological polar surface area (TPSA) is 21.7 Å². The van der Waals surface area contributed by atoms with E-state index in [1.54, 1.807) is 14.2 Å². The second-order valence-corrected chi connectivity index (χ2v) is 6.89. The molecule has 0 amide bonds. The van der Waals surface area contributed by atoms with Gasteiger partial charge in [0.2, 0.25) is 0 Å². The zero-order valence-electron chi connectivity index (χ0n) is 14.9. The zero-order chi connectivity index (χ0) is 17.2. The van der Waals surface area contributed by atoms with E-state index >= 15 is 0 Å². The molecule has 2 unspecified atom stereocenters. The van der Waals surface area contributed by atoms with Crippen LogP contribution in [0.2, 0.25) is 0 Å². The van der Waals surface area contributed by atoms with E-state index in [0.29, 0.717) is 12.1 Å². The smallest absolute Gasteiger partial charge is 0.168 e. The third-order valence-corrected chi connectivity index (χ3v) is 5.50. The number of hydrogen-bond donors (Lipinski definition) is 0. The highest BCUT2D eigenvalue weighted by atomic mass is 16.5. The van der Waals surface area contributed by atoms with E-state index in [2.05, 4.69) is 53.4 Å². The number of methoxy groups -OCH3 is 2. The summed E-state index contributed by atoms with van der Waals surface area (Å²) in [5.41, 5.74) is 3.97. The van der Waals surface area contributed by atoms with Crippen molar-refractivity contribution in [3.8, 4) is 11.5 Å². The molecule has 0 aromatic heterocycles. The average molecular weight is 335 g/mol. The molecule has 0 aliphatic carbocycles. The minimum Gasteiger partial charge on any atom is -0.493 e. The molecule has 0 N–H and O–H groups in total. The Hall–Kier alpha value is -2.26. The number of rotatable bonds is 5. The van der Waals surface area contributed by atoms with Gasteiger partial charge in [-0.25, -0.2) is 0 Å². The Morgan fingerprint density at radius 1 is 0.960 bits per heavy atom. The lowest BCUT2D eigenvalue weighted by Crippen LogP contribution is -2.37. The molecule has 130 valence electrons. The van der Waals surface area contributed by atoms with Crippen LogP contribution in [0, 0.1) is 0 Å². The van der Waals surface area contributed by atoms with Gasteiger partial charge in [-0.2, -0.15) is 0 Å². The first-order chi connectivity index (χ1) is 12.3. The fourth-order valence-corrected chi connectivity index (χ4v) is 4.30. The Kier molecular flexibility index (Phi) is 4.50. The normalized spacial score (nSPS) is 22.6. The van der Waals surface area contributed by atoms with Crippen LogP contribution in [0.4, 0.5) is 0 Å². The van der Waals surface area contributed by atoms with Crippen molar-refractivity contribution in [1.29, 1.82) is 0 Å². The van der Waals surface area contributed by atoms with Crippen LogP contribution in [0.3, 0.4) is 0 Å². The van der Waals surface area contributed by atoms with E-state index < -0.39 is 0 Å². The highest BCUT2D eigenvalue weighted by Crippen LogP contribution is 2.43. The minimum absolute atomic E-state index is 0.518. The molecule has 25 heavy (non-hydrogen) atoms. The van der Waals surface area contributed by atoms with Crippen molar-refractivity contribution in [3.05, 3.63) is 65.7 Å². The van der Waals surface area contributed by atoms with E-state index in [9.17, 15) is 0 Å². The van der Waals surface area contributed by atoms with Crippen molar-refractivity contribution in [2.75, 3.05) is 14.2 Å². The maximum atomic E-state index is 5.65. The van der Waals surface area contributed by atoms with Gasteiger partial charge in [0.15, 0.2) is 11.5 Å². The fraction of sp³-hybridized carbons (Fsp3) is 0.364. The number of benzene rings is 2. The predicted molar refractivity (Wildman–Crippen MR) is 101 cm³/mol. The van der Waals surface area contributed by atoms with Gasteiger partial charge in [-0.3, -0.25) is 4.90 Å². The summed E-state index contributed by atoms with van der Waals surface area (Å²) < 4.78 is 11.1. The van der Waals surface area contributed by atoms with Crippen molar-refractivity contribution >= 4 is 5.57 Å². The van der Waals surface area contributed by atoms with Crippen molar-refractivity contribution in [3.63, 3.8) is 0 Å². The predicted octanol–water partition coefficient (Wildman–Crippen LogP) is 4.52. The van der Waals surface area contributed by atoms with Gasteiger partial charge in [-0.15, -0.1) is 0 Å². The van der Waals surface area contributed by atoms with Crippen molar-refractivity contribution in [2.24, 2.45) is 0 Å². The molecule has 2 aromatic carbocycles. The summed E-state index contributed by atoms with van der Waals surface area (Å²) in [5, 5.41) is 0. The molecule has 0 radical (unpaired) electrons. The third kappa shape index (κ3) is 3.05. The third-order valence-electron chi connectivity index (χ3n) is 5.50. The molecule has 2 aliphatic rings. The molecule has 2 heterocycles. The molecular formula is C22H25NO2. The SMILES string of the molecule is COc1cccc(C2=CC3CCC(C2)N3Cc2ccccc2)c1OC. The van der Waals surface area contributed by atoms with Crippen LogP contribution in [0.15, 0.2) is 54.6 Å². The summed E-state index contributed by atoms with van der Waals surface area (Å²) in [6.07, 6.45) is 6.04. The number of hydrogen-bond acceptors (Lipinski definition) is 3. The first-order valence-electron chi connectivity index (χ1n) is 9.02. The molecule has 1 saturated heterocycles. The van der Waals surface area contributed by atoms with Crippen LogP contribution in [0.25, 0.3) is 5.57 Å². The maximum Gasteiger partial charge on any atom is 0.168 e. The number of nitrogens with zero attached hydrogens (tertiary/aromatic N) is 1. The van der Waals surface area contributed by atoms with Gasteiger partial charge < -0.3 is 9.47 Å². The molecule has 3 heteroatoms. The summed E-state index contributed by atoms with van der Waals surface area (Å²) in [6, 6.07) is 18.1. The summed E-state index contributed by atoms with van der Waals surface area (Å²) in [4.78, 5) is 2.66. The van der Waals surface area contributed by atoms with Gasteiger partial charge in [0.05, 0.1) is 14.2 Å². The first-order valence-corrected chi connectivity index (χ1v) is 9.02. The Balaban J connectivity index is 1.62. The van der Waals surface area contributed by atoms with Gasteiger partial charge >= 0.3 is 0 Å². The van der Waals surface area contributed by atoms with E-state index in [1.165, 1.54) is 29.5 Å². The number of ether oxygens (including phenoxy) is 2. The van der Waals surface area contributed by atoms with Crippen LogP contribution in [0.1, 0.15) is 30.4 Å². The van der Waals surface area contributed by atoms with Gasteiger partial charge in [-0.1, -0.05) is 48.5 Å². The van der Waals surface area contributed by atoms with Crippen LogP contribution in [-0.4, -0.2) is 31.2 Å². The maximum absolute atomic E-state index is 5.65. The molecule has 0 spiro atoms. The van der Waals surface area contributed by atoms with Gasteiger partial charge in [0.25, 0.3) is 0 Å². The molecular weight excluding hydrogens is 310 g/mol.